The first-order chi connectivity index (χ1) is 7.89. The molecule has 1 N–H and O–H groups in total. The zero-order valence-corrected chi connectivity index (χ0v) is 11.5. The molecule has 0 aliphatic rings. The third-order valence-electron chi connectivity index (χ3n) is 2.45. The lowest BCUT2D eigenvalue weighted by Crippen LogP contribution is -2.33. The average Bonchev–Trinajstić information content (AvgIpc) is 2.29. The number of pyridine rings is 1. The van der Waals surface area contributed by atoms with E-state index in [1.807, 2.05) is 6.92 Å². The Morgan fingerprint density at radius 2 is 2.06 bits per heavy atom. The largest absolute Gasteiger partial charge is 0.370 e. The number of rotatable bonds is 5. The Kier molecular flexibility index (Phi) is 4.34. The Balaban J connectivity index is 2.94. The molecule has 1 aromatic rings. The third kappa shape index (κ3) is 3.09. The first kappa shape index (κ1) is 13.8. The van der Waals surface area contributed by atoms with Gasteiger partial charge in [0.1, 0.15) is 5.82 Å². The molecule has 96 valence electrons. The molecule has 0 spiro atoms. The van der Waals surface area contributed by atoms with Crippen LogP contribution in [0.2, 0.25) is 0 Å². The maximum absolute atomic E-state index is 11.9. The van der Waals surface area contributed by atoms with Gasteiger partial charge in [0.05, 0.1) is 17.1 Å². The summed E-state index contributed by atoms with van der Waals surface area (Å²) in [4.78, 5) is 4.15. The summed E-state index contributed by atoms with van der Waals surface area (Å²) in [7, 11) is -1.74. The predicted octanol–water partition coefficient (Wildman–Crippen LogP) is 1.69. The Hall–Kier alpha value is -1.30. The van der Waals surface area contributed by atoms with Gasteiger partial charge >= 0.3 is 0 Å². The summed E-state index contributed by atoms with van der Waals surface area (Å²) in [6.45, 7) is 6.08. The van der Waals surface area contributed by atoms with Crippen LogP contribution >= 0.6 is 0 Å². The summed E-state index contributed by atoms with van der Waals surface area (Å²) in [6.07, 6.45) is 1.55. The van der Waals surface area contributed by atoms with E-state index in [1.54, 1.807) is 39.2 Å². The van der Waals surface area contributed by atoms with Crippen LogP contribution in [-0.4, -0.2) is 32.2 Å². The van der Waals surface area contributed by atoms with Crippen LogP contribution in [-0.2, 0) is 10.0 Å². The van der Waals surface area contributed by atoms with E-state index in [0.29, 0.717) is 5.69 Å². The maximum atomic E-state index is 11.9. The van der Waals surface area contributed by atoms with Crippen molar-refractivity contribution in [3.8, 4) is 0 Å². The van der Waals surface area contributed by atoms with E-state index in [-0.39, 0.29) is 0 Å². The molecule has 0 bridgehead atoms. The standard InChI is InChI=1S/C11H19N3O2S/c1-5-12-11-7-6-10(8-13-11)14(4)17(15,16)9(2)3/h6-9H,5H2,1-4H3,(H,12,13). The minimum absolute atomic E-state index is 0.444. The van der Waals surface area contributed by atoms with E-state index in [1.165, 1.54) is 4.31 Å². The van der Waals surface area contributed by atoms with Gasteiger partial charge in [-0.05, 0) is 32.9 Å². The van der Waals surface area contributed by atoms with Crippen LogP contribution in [0.5, 0.6) is 0 Å². The van der Waals surface area contributed by atoms with E-state index < -0.39 is 15.3 Å². The second-order valence-corrected chi connectivity index (χ2v) is 6.51. The highest BCUT2D eigenvalue weighted by atomic mass is 32.2. The van der Waals surface area contributed by atoms with Crippen molar-refractivity contribution in [3.63, 3.8) is 0 Å². The number of nitrogens with one attached hydrogen (secondary N) is 1. The Bertz CT molecular complexity index is 454. The van der Waals surface area contributed by atoms with E-state index in [2.05, 4.69) is 10.3 Å². The monoisotopic (exact) mass is 257 g/mol. The SMILES string of the molecule is CCNc1ccc(N(C)S(=O)(=O)C(C)C)cn1. The molecular weight excluding hydrogens is 238 g/mol. The van der Waals surface area contributed by atoms with Gasteiger partial charge in [-0.2, -0.15) is 0 Å². The average molecular weight is 257 g/mol. The molecular formula is C11H19N3O2S. The molecule has 0 aromatic carbocycles. The van der Waals surface area contributed by atoms with Crippen molar-refractivity contribution in [3.05, 3.63) is 18.3 Å². The molecule has 0 radical (unpaired) electrons. The first-order valence-corrected chi connectivity index (χ1v) is 7.07. The van der Waals surface area contributed by atoms with Gasteiger partial charge in [0, 0.05) is 13.6 Å². The number of hydrogen-bond donors (Lipinski definition) is 1. The molecule has 0 unspecified atom stereocenters. The van der Waals surface area contributed by atoms with Crippen molar-refractivity contribution < 1.29 is 8.42 Å². The summed E-state index contributed by atoms with van der Waals surface area (Å²) in [5.41, 5.74) is 0.570. The number of hydrogen-bond acceptors (Lipinski definition) is 4. The molecule has 0 aliphatic carbocycles. The highest BCUT2D eigenvalue weighted by Crippen LogP contribution is 2.19. The van der Waals surface area contributed by atoms with Crippen molar-refractivity contribution in [1.82, 2.24) is 4.98 Å². The lowest BCUT2D eigenvalue weighted by molar-refractivity contribution is 0.585. The van der Waals surface area contributed by atoms with Gasteiger partial charge in [0.15, 0.2) is 0 Å². The van der Waals surface area contributed by atoms with Crippen LogP contribution in [0.3, 0.4) is 0 Å². The normalized spacial score (nSPS) is 11.6. The second kappa shape index (κ2) is 5.35. The highest BCUT2D eigenvalue weighted by molar-refractivity contribution is 7.93. The molecule has 0 fully saturated rings. The maximum Gasteiger partial charge on any atom is 0.237 e. The van der Waals surface area contributed by atoms with Crippen molar-refractivity contribution in [2.24, 2.45) is 0 Å². The van der Waals surface area contributed by atoms with Gasteiger partial charge in [0.2, 0.25) is 10.0 Å². The predicted molar refractivity (Wildman–Crippen MR) is 70.9 cm³/mol. The fourth-order valence-electron chi connectivity index (χ4n) is 1.32. The molecule has 5 nitrogen and oxygen atoms in total. The fourth-order valence-corrected chi connectivity index (χ4v) is 2.36. The minimum Gasteiger partial charge on any atom is -0.370 e. The molecule has 6 heteroatoms. The fraction of sp³-hybridized carbons (Fsp3) is 0.545. The van der Waals surface area contributed by atoms with E-state index in [9.17, 15) is 8.42 Å². The Labute approximate surface area is 103 Å². The topological polar surface area (TPSA) is 62.3 Å². The zero-order valence-electron chi connectivity index (χ0n) is 10.6. The van der Waals surface area contributed by atoms with Crippen LogP contribution in [0.4, 0.5) is 11.5 Å². The number of anilines is 2. The summed E-state index contributed by atoms with van der Waals surface area (Å²) in [5, 5.41) is 2.61. The number of aromatic nitrogens is 1. The molecule has 1 aromatic heterocycles. The van der Waals surface area contributed by atoms with Crippen LogP contribution in [0.1, 0.15) is 20.8 Å². The molecule has 17 heavy (non-hydrogen) atoms. The zero-order chi connectivity index (χ0) is 13.1. The number of sulfonamides is 1. The van der Waals surface area contributed by atoms with E-state index in [4.69, 9.17) is 0 Å². The molecule has 0 saturated heterocycles. The first-order valence-electron chi connectivity index (χ1n) is 5.57. The summed E-state index contributed by atoms with van der Waals surface area (Å²) < 4.78 is 25.1. The lowest BCUT2D eigenvalue weighted by atomic mass is 10.4. The van der Waals surface area contributed by atoms with E-state index >= 15 is 0 Å². The van der Waals surface area contributed by atoms with Gasteiger partial charge in [0.25, 0.3) is 0 Å². The van der Waals surface area contributed by atoms with Crippen molar-refractivity contribution in [1.29, 1.82) is 0 Å². The smallest absolute Gasteiger partial charge is 0.237 e. The Morgan fingerprint density at radius 3 is 2.47 bits per heavy atom. The second-order valence-electron chi connectivity index (χ2n) is 3.99. The van der Waals surface area contributed by atoms with Gasteiger partial charge in [-0.1, -0.05) is 0 Å². The van der Waals surface area contributed by atoms with Crippen LogP contribution in [0.15, 0.2) is 18.3 Å². The lowest BCUT2D eigenvalue weighted by Gasteiger charge is -2.21. The summed E-state index contributed by atoms with van der Waals surface area (Å²) >= 11 is 0. The van der Waals surface area contributed by atoms with Crippen LogP contribution in [0.25, 0.3) is 0 Å². The van der Waals surface area contributed by atoms with Crippen molar-refractivity contribution >= 4 is 21.5 Å². The molecule has 0 saturated carbocycles. The van der Waals surface area contributed by atoms with Crippen LogP contribution in [0, 0.1) is 0 Å². The number of nitrogens with zero attached hydrogens (tertiary/aromatic N) is 2. The Morgan fingerprint density at radius 1 is 1.41 bits per heavy atom. The minimum atomic E-state index is -3.28. The molecule has 0 atom stereocenters. The van der Waals surface area contributed by atoms with E-state index in [0.717, 1.165) is 12.4 Å². The van der Waals surface area contributed by atoms with Crippen molar-refractivity contribution in [2.75, 3.05) is 23.2 Å². The van der Waals surface area contributed by atoms with Gasteiger partial charge in [-0.15, -0.1) is 0 Å². The molecule has 0 aliphatic heterocycles. The van der Waals surface area contributed by atoms with Crippen molar-refractivity contribution in [2.45, 2.75) is 26.0 Å². The summed E-state index contributed by atoms with van der Waals surface area (Å²) in [6, 6.07) is 3.51. The van der Waals surface area contributed by atoms with Gasteiger partial charge in [-0.3, -0.25) is 4.31 Å². The molecule has 1 rings (SSSR count). The van der Waals surface area contributed by atoms with Crippen LogP contribution < -0.4 is 9.62 Å². The van der Waals surface area contributed by atoms with Gasteiger partial charge in [-0.25, -0.2) is 13.4 Å². The third-order valence-corrected chi connectivity index (χ3v) is 4.61. The molecule has 0 amide bonds. The summed E-state index contributed by atoms with van der Waals surface area (Å²) in [5.74, 6) is 0.742. The quantitative estimate of drug-likeness (QED) is 0.872. The van der Waals surface area contributed by atoms with Gasteiger partial charge < -0.3 is 5.32 Å². The molecule has 1 heterocycles. The highest BCUT2D eigenvalue weighted by Gasteiger charge is 2.22.